The van der Waals surface area contributed by atoms with Crippen LogP contribution in [0.3, 0.4) is 0 Å². The molecular formula is C21H25ClN2O4. The van der Waals surface area contributed by atoms with Gasteiger partial charge in [-0.1, -0.05) is 43.6 Å². The third kappa shape index (κ3) is 5.63. The Morgan fingerprint density at radius 2 is 1.64 bits per heavy atom. The second-order valence-corrected chi connectivity index (χ2v) is 7.01. The van der Waals surface area contributed by atoms with E-state index in [1.165, 1.54) is 14.2 Å². The van der Waals surface area contributed by atoms with E-state index >= 15 is 0 Å². The molecule has 0 fully saturated rings. The number of ether oxygens (including phenoxy) is 2. The van der Waals surface area contributed by atoms with E-state index in [0.717, 1.165) is 5.56 Å². The molecule has 0 saturated carbocycles. The molecule has 0 heterocycles. The number of carbonyl (C=O) groups is 2. The van der Waals surface area contributed by atoms with Gasteiger partial charge in [0.15, 0.2) is 0 Å². The molecule has 0 radical (unpaired) electrons. The van der Waals surface area contributed by atoms with Crippen molar-refractivity contribution in [2.45, 2.75) is 26.4 Å². The maximum atomic E-state index is 12.7. The average molecular weight is 405 g/mol. The Hall–Kier alpha value is -2.73. The van der Waals surface area contributed by atoms with E-state index in [1.807, 2.05) is 32.0 Å². The number of methoxy groups -OCH3 is 2. The number of hydrogen-bond donors (Lipinski definition) is 2. The maximum Gasteiger partial charge on any atom is 0.252 e. The summed E-state index contributed by atoms with van der Waals surface area (Å²) in [4.78, 5) is 25.4. The highest BCUT2D eigenvalue weighted by atomic mass is 35.5. The molecule has 0 aliphatic carbocycles. The summed E-state index contributed by atoms with van der Waals surface area (Å²) in [5, 5.41) is 6.21. The highest BCUT2D eigenvalue weighted by molar-refractivity contribution is 6.31. The number of hydrogen-bond acceptors (Lipinski definition) is 4. The van der Waals surface area contributed by atoms with Crippen LogP contribution < -0.4 is 20.1 Å². The second kappa shape index (κ2) is 9.99. The Labute approximate surface area is 170 Å². The third-order valence-corrected chi connectivity index (χ3v) is 4.63. The highest BCUT2D eigenvalue weighted by Crippen LogP contribution is 2.22. The number of carbonyl (C=O) groups excluding carboxylic acids is 2. The quantitative estimate of drug-likeness (QED) is 0.706. The van der Waals surface area contributed by atoms with E-state index < -0.39 is 6.04 Å². The van der Waals surface area contributed by atoms with Gasteiger partial charge in [0.2, 0.25) is 5.91 Å². The molecule has 2 amide bonds. The molecule has 1 unspecified atom stereocenters. The van der Waals surface area contributed by atoms with E-state index in [-0.39, 0.29) is 24.3 Å². The predicted molar refractivity (Wildman–Crippen MR) is 109 cm³/mol. The predicted octanol–water partition coefficient (Wildman–Crippen LogP) is 3.43. The van der Waals surface area contributed by atoms with Gasteiger partial charge in [0.1, 0.15) is 17.5 Å². The first-order chi connectivity index (χ1) is 13.3. The monoisotopic (exact) mass is 404 g/mol. The van der Waals surface area contributed by atoms with Gasteiger partial charge in [-0.05, 0) is 29.7 Å². The standard InChI is InChI=1S/C21H25ClN2O4/c1-13(2)19(21(26)23-12-14-7-5-6-8-18(14)22)24-20(25)15-9-16(27-3)11-17(10-15)28-4/h5-11,13,19H,12H2,1-4H3,(H,23,26)(H,24,25). The number of nitrogens with one attached hydrogen (secondary N) is 2. The molecule has 0 spiro atoms. The van der Waals surface area contributed by atoms with Crippen LogP contribution in [-0.4, -0.2) is 32.1 Å². The molecule has 1 atom stereocenters. The smallest absolute Gasteiger partial charge is 0.252 e. The van der Waals surface area contributed by atoms with Gasteiger partial charge in [0, 0.05) is 23.2 Å². The van der Waals surface area contributed by atoms with Gasteiger partial charge >= 0.3 is 0 Å². The molecule has 7 heteroatoms. The topological polar surface area (TPSA) is 76.7 Å². The number of halogens is 1. The molecule has 0 aliphatic rings. The van der Waals surface area contributed by atoms with Crippen molar-refractivity contribution < 1.29 is 19.1 Å². The van der Waals surface area contributed by atoms with Gasteiger partial charge in [-0.25, -0.2) is 0 Å². The lowest BCUT2D eigenvalue weighted by Crippen LogP contribution is -2.49. The van der Waals surface area contributed by atoms with Crippen molar-refractivity contribution in [3.8, 4) is 11.5 Å². The average Bonchev–Trinajstić information content (AvgIpc) is 2.70. The first kappa shape index (κ1) is 21.6. The first-order valence-electron chi connectivity index (χ1n) is 8.90. The molecule has 0 aliphatic heterocycles. The van der Waals surface area contributed by atoms with Gasteiger partial charge in [0.25, 0.3) is 5.91 Å². The molecule has 28 heavy (non-hydrogen) atoms. The Bertz CT molecular complexity index is 817. The normalized spacial score (nSPS) is 11.6. The van der Waals surface area contributed by atoms with Crippen LogP contribution in [0.5, 0.6) is 11.5 Å². The molecule has 2 N–H and O–H groups in total. The van der Waals surface area contributed by atoms with Crippen molar-refractivity contribution in [2.75, 3.05) is 14.2 Å². The van der Waals surface area contributed by atoms with Crippen molar-refractivity contribution in [1.82, 2.24) is 10.6 Å². The molecule has 2 aromatic carbocycles. The molecule has 0 saturated heterocycles. The Morgan fingerprint density at radius 3 is 2.18 bits per heavy atom. The molecular weight excluding hydrogens is 380 g/mol. The number of rotatable bonds is 8. The van der Waals surface area contributed by atoms with E-state index in [9.17, 15) is 9.59 Å². The van der Waals surface area contributed by atoms with Crippen LogP contribution in [0.4, 0.5) is 0 Å². The van der Waals surface area contributed by atoms with Crippen molar-refractivity contribution in [3.05, 3.63) is 58.6 Å². The minimum Gasteiger partial charge on any atom is -0.497 e. The summed E-state index contributed by atoms with van der Waals surface area (Å²) in [6.07, 6.45) is 0. The summed E-state index contributed by atoms with van der Waals surface area (Å²) >= 11 is 6.13. The summed E-state index contributed by atoms with van der Waals surface area (Å²) < 4.78 is 10.4. The van der Waals surface area contributed by atoms with Crippen LogP contribution in [0, 0.1) is 5.92 Å². The lowest BCUT2D eigenvalue weighted by atomic mass is 10.0. The van der Waals surface area contributed by atoms with Gasteiger partial charge in [-0.15, -0.1) is 0 Å². The van der Waals surface area contributed by atoms with E-state index in [1.54, 1.807) is 24.3 Å². The minimum absolute atomic E-state index is 0.109. The Kier molecular flexibility index (Phi) is 7.70. The maximum absolute atomic E-state index is 12.7. The van der Waals surface area contributed by atoms with Gasteiger partial charge in [-0.2, -0.15) is 0 Å². The largest absolute Gasteiger partial charge is 0.497 e. The number of amides is 2. The molecule has 150 valence electrons. The van der Waals surface area contributed by atoms with Gasteiger partial charge < -0.3 is 20.1 Å². The zero-order valence-electron chi connectivity index (χ0n) is 16.4. The summed E-state index contributed by atoms with van der Waals surface area (Å²) in [7, 11) is 3.02. The fourth-order valence-corrected chi connectivity index (χ4v) is 2.83. The Morgan fingerprint density at radius 1 is 1.04 bits per heavy atom. The van der Waals surface area contributed by atoms with Crippen LogP contribution in [-0.2, 0) is 11.3 Å². The van der Waals surface area contributed by atoms with Crippen molar-refractivity contribution in [1.29, 1.82) is 0 Å². The molecule has 0 aromatic heterocycles. The van der Waals surface area contributed by atoms with Crippen molar-refractivity contribution in [3.63, 3.8) is 0 Å². The fourth-order valence-electron chi connectivity index (χ4n) is 2.63. The molecule has 2 rings (SSSR count). The number of benzene rings is 2. The summed E-state index contributed by atoms with van der Waals surface area (Å²) in [6.45, 7) is 4.02. The lowest BCUT2D eigenvalue weighted by Gasteiger charge is -2.22. The second-order valence-electron chi connectivity index (χ2n) is 6.61. The summed E-state index contributed by atoms with van der Waals surface area (Å²) in [5.41, 5.74) is 1.16. The van der Waals surface area contributed by atoms with E-state index in [4.69, 9.17) is 21.1 Å². The lowest BCUT2D eigenvalue weighted by molar-refractivity contribution is -0.124. The minimum atomic E-state index is -0.702. The molecule has 2 aromatic rings. The summed E-state index contributed by atoms with van der Waals surface area (Å²) in [6, 6.07) is 11.4. The first-order valence-corrected chi connectivity index (χ1v) is 9.28. The van der Waals surface area contributed by atoms with Crippen LogP contribution in [0.15, 0.2) is 42.5 Å². The molecule has 6 nitrogen and oxygen atoms in total. The van der Waals surface area contributed by atoms with Crippen LogP contribution in [0.1, 0.15) is 29.8 Å². The Balaban J connectivity index is 2.10. The van der Waals surface area contributed by atoms with Gasteiger partial charge in [0.05, 0.1) is 14.2 Å². The third-order valence-electron chi connectivity index (χ3n) is 4.26. The van der Waals surface area contributed by atoms with Crippen LogP contribution in [0.2, 0.25) is 5.02 Å². The fraction of sp³-hybridized carbons (Fsp3) is 0.333. The highest BCUT2D eigenvalue weighted by Gasteiger charge is 2.25. The van der Waals surface area contributed by atoms with E-state index in [0.29, 0.717) is 22.1 Å². The van der Waals surface area contributed by atoms with Crippen molar-refractivity contribution >= 4 is 23.4 Å². The SMILES string of the molecule is COc1cc(OC)cc(C(=O)NC(C(=O)NCc2ccccc2Cl)C(C)C)c1. The van der Waals surface area contributed by atoms with E-state index in [2.05, 4.69) is 10.6 Å². The van der Waals surface area contributed by atoms with Crippen LogP contribution in [0.25, 0.3) is 0 Å². The zero-order chi connectivity index (χ0) is 20.7. The zero-order valence-corrected chi connectivity index (χ0v) is 17.2. The molecule has 0 bridgehead atoms. The van der Waals surface area contributed by atoms with Gasteiger partial charge in [-0.3, -0.25) is 9.59 Å². The van der Waals surface area contributed by atoms with Crippen molar-refractivity contribution in [2.24, 2.45) is 5.92 Å². The van der Waals surface area contributed by atoms with Crippen LogP contribution >= 0.6 is 11.6 Å². The summed E-state index contributed by atoms with van der Waals surface area (Å²) in [5.74, 6) is 0.215.